The molecule has 0 bridgehead atoms. The summed E-state index contributed by atoms with van der Waals surface area (Å²) in [5.41, 5.74) is 3.00. The van der Waals surface area contributed by atoms with Crippen LogP contribution in [0, 0.1) is 5.41 Å². The van der Waals surface area contributed by atoms with Crippen LogP contribution < -0.4 is 0 Å². The van der Waals surface area contributed by atoms with E-state index in [1.807, 2.05) is 25.7 Å². The van der Waals surface area contributed by atoms with Crippen LogP contribution in [0.3, 0.4) is 0 Å². The predicted molar refractivity (Wildman–Crippen MR) is 143 cm³/mol. The van der Waals surface area contributed by atoms with Crippen LogP contribution in [-0.4, -0.2) is 84.4 Å². The van der Waals surface area contributed by atoms with Gasteiger partial charge in [0, 0.05) is 57.5 Å². The zero-order valence-electron chi connectivity index (χ0n) is 23.2. The normalized spacial score (nSPS) is 28.0. The summed E-state index contributed by atoms with van der Waals surface area (Å²) in [7, 11) is 0. The summed E-state index contributed by atoms with van der Waals surface area (Å²) in [6, 6.07) is 10.8. The number of amides is 1. The lowest BCUT2D eigenvalue weighted by molar-refractivity contribution is -0.0816. The topological polar surface area (TPSA) is 45.2 Å². The van der Waals surface area contributed by atoms with Crippen molar-refractivity contribution in [3.63, 3.8) is 0 Å². The van der Waals surface area contributed by atoms with E-state index in [0.29, 0.717) is 29.5 Å². The van der Waals surface area contributed by atoms with Crippen LogP contribution in [0.4, 0.5) is 4.79 Å². The third kappa shape index (κ3) is 5.46. The van der Waals surface area contributed by atoms with Gasteiger partial charge < -0.3 is 14.4 Å². The molecule has 3 aliphatic heterocycles. The lowest BCUT2D eigenvalue weighted by atomic mass is 9.59. The highest BCUT2D eigenvalue weighted by Gasteiger charge is 2.51. The zero-order valence-corrected chi connectivity index (χ0v) is 23.2. The van der Waals surface area contributed by atoms with Crippen LogP contribution in [0.2, 0.25) is 0 Å². The van der Waals surface area contributed by atoms with E-state index in [2.05, 4.69) is 47.9 Å². The quantitative estimate of drug-likeness (QED) is 0.555. The van der Waals surface area contributed by atoms with Crippen molar-refractivity contribution in [1.29, 1.82) is 0 Å². The van der Waals surface area contributed by atoms with E-state index in [0.717, 1.165) is 58.8 Å². The van der Waals surface area contributed by atoms with Crippen LogP contribution in [-0.2, 0) is 9.47 Å². The number of hydrogen-bond acceptors (Lipinski definition) is 5. The maximum atomic E-state index is 12.6. The molecule has 1 aromatic rings. The minimum absolute atomic E-state index is 0.148. The molecule has 4 aliphatic rings. The highest BCUT2D eigenvalue weighted by molar-refractivity contribution is 5.68. The van der Waals surface area contributed by atoms with Crippen LogP contribution in [0.1, 0.15) is 89.8 Å². The average Bonchev–Trinajstić information content (AvgIpc) is 3.36. The molecule has 6 heteroatoms. The summed E-state index contributed by atoms with van der Waals surface area (Å²) in [4.78, 5) is 20.0. The number of piperidine rings is 1. The Kier molecular flexibility index (Phi) is 7.41. The highest BCUT2D eigenvalue weighted by atomic mass is 16.6. The fourth-order valence-electron chi connectivity index (χ4n) is 7.09. The van der Waals surface area contributed by atoms with Gasteiger partial charge in [-0.05, 0) is 75.3 Å². The first-order valence-electron chi connectivity index (χ1n) is 14.3. The lowest BCUT2D eigenvalue weighted by Crippen LogP contribution is -2.61. The molecule has 2 unspecified atom stereocenters. The van der Waals surface area contributed by atoms with Gasteiger partial charge in [0.1, 0.15) is 5.60 Å². The Morgan fingerprint density at radius 2 is 1.78 bits per heavy atom. The molecule has 1 spiro atoms. The Morgan fingerprint density at radius 3 is 2.42 bits per heavy atom. The molecule has 2 atom stereocenters. The van der Waals surface area contributed by atoms with Crippen LogP contribution in [0.15, 0.2) is 24.3 Å². The van der Waals surface area contributed by atoms with Crippen molar-refractivity contribution in [2.75, 3.05) is 45.9 Å². The number of hydrogen-bond donors (Lipinski definition) is 0. The van der Waals surface area contributed by atoms with E-state index >= 15 is 0 Å². The maximum absolute atomic E-state index is 12.6. The molecule has 0 aromatic heterocycles. The lowest BCUT2D eigenvalue weighted by Gasteiger charge is -2.58. The second kappa shape index (κ2) is 10.3. The Labute approximate surface area is 218 Å². The first-order valence-corrected chi connectivity index (χ1v) is 14.3. The molecule has 1 amide bonds. The Hall–Kier alpha value is -1.63. The van der Waals surface area contributed by atoms with Gasteiger partial charge in [0.25, 0.3) is 0 Å². The summed E-state index contributed by atoms with van der Waals surface area (Å²) < 4.78 is 11.4. The maximum Gasteiger partial charge on any atom is 0.410 e. The monoisotopic (exact) mass is 497 g/mol. The van der Waals surface area contributed by atoms with E-state index in [9.17, 15) is 4.79 Å². The van der Waals surface area contributed by atoms with E-state index < -0.39 is 5.60 Å². The minimum atomic E-state index is -0.429. The summed E-state index contributed by atoms with van der Waals surface area (Å²) in [5, 5.41) is 0. The molecular formula is C30H47N3O3. The van der Waals surface area contributed by atoms with Gasteiger partial charge in [0.2, 0.25) is 0 Å². The molecule has 3 heterocycles. The van der Waals surface area contributed by atoms with Crippen LogP contribution in [0.25, 0.3) is 0 Å². The van der Waals surface area contributed by atoms with Crippen LogP contribution >= 0.6 is 0 Å². The number of rotatable bonds is 4. The van der Waals surface area contributed by atoms with Crippen molar-refractivity contribution in [2.24, 2.45) is 5.41 Å². The van der Waals surface area contributed by atoms with Gasteiger partial charge in [-0.1, -0.05) is 38.1 Å². The van der Waals surface area contributed by atoms with Crippen molar-refractivity contribution >= 4 is 6.09 Å². The molecular weight excluding hydrogens is 450 g/mol. The number of carbonyl (C=O) groups excluding carboxylic acids is 1. The number of likely N-dealkylation sites (tertiary alicyclic amines) is 1. The molecule has 200 valence electrons. The second-order valence-corrected chi connectivity index (χ2v) is 13.1. The van der Waals surface area contributed by atoms with Gasteiger partial charge >= 0.3 is 6.09 Å². The molecule has 36 heavy (non-hydrogen) atoms. The number of ether oxygens (including phenoxy) is 2. The Balaban J connectivity index is 1.26. The van der Waals surface area contributed by atoms with E-state index in [1.54, 1.807) is 0 Å². The highest BCUT2D eigenvalue weighted by Crippen LogP contribution is 2.53. The molecule has 6 nitrogen and oxygen atoms in total. The third-order valence-corrected chi connectivity index (χ3v) is 9.13. The van der Waals surface area contributed by atoms with Crippen molar-refractivity contribution < 1.29 is 14.3 Å². The smallest absolute Gasteiger partial charge is 0.410 e. The standard InChI is InChI=1S/C30H47N3O3/c1-22(2)25-8-6-7-9-26(25)27-20-32(23-10-17-35-21-23)15-16-33(27)24-18-30(19-24)11-13-31(14-12-30)28(34)36-29(3,4)5/h6-9,22-24,27H,10-21H2,1-5H3. The van der Waals surface area contributed by atoms with Gasteiger partial charge in [0.15, 0.2) is 0 Å². The van der Waals surface area contributed by atoms with Gasteiger partial charge in [-0.15, -0.1) is 0 Å². The summed E-state index contributed by atoms with van der Waals surface area (Å²) in [6.45, 7) is 17.3. The SMILES string of the molecule is CC(C)c1ccccc1C1CN(C2CCOC2)CCN1C1CC2(CCN(C(=O)OC(C)(C)C)CC2)C1. The van der Waals surface area contributed by atoms with Crippen molar-refractivity contribution in [1.82, 2.24) is 14.7 Å². The molecule has 4 fully saturated rings. The van der Waals surface area contributed by atoms with Gasteiger partial charge in [-0.25, -0.2) is 4.79 Å². The molecule has 1 saturated carbocycles. The fraction of sp³-hybridized carbons (Fsp3) is 0.767. The molecule has 1 aromatic carbocycles. The number of nitrogens with zero attached hydrogens (tertiary/aromatic N) is 3. The van der Waals surface area contributed by atoms with Gasteiger partial charge in [0.05, 0.1) is 6.61 Å². The third-order valence-electron chi connectivity index (χ3n) is 9.13. The van der Waals surface area contributed by atoms with Gasteiger partial charge in [-0.3, -0.25) is 9.80 Å². The van der Waals surface area contributed by atoms with E-state index in [1.165, 1.54) is 30.4 Å². The largest absolute Gasteiger partial charge is 0.444 e. The number of benzene rings is 1. The zero-order chi connectivity index (χ0) is 25.5. The Bertz CT molecular complexity index is 904. The Morgan fingerprint density at radius 1 is 1.06 bits per heavy atom. The molecule has 0 N–H and O–H groups in total. The molecule has 3 saturated heterocycles. The first-order chi connectivity index (χ1) is 17.1. The van der Waals surface area contributed by atoms with Crippen molar-refractivity contribution in [3.8, 4) is 0 Å². The van der Waals surface area contributed by atoms with E-state index in [4.69, 9.17) is 9.47 Å². The first kappa shape index (κ1) is 26.0. The molecule has 5 rings (SSSR count). The average molecular weight is 498 g/mol. The van der Waals surface area contributed by atoms with Crippen LogP contribution in [0.5, 0.6) is 0 Å². The van der Waals surface area contributed by atoms with Gasteiger partial charge in [-0.2, -0.15) is 0 Å². The summed E-state index contributed by atoms with van der Waals surface area (Å²) >= 11 is 0. The second-order valence-electron chi connectivity index (χ2n) is 13.1. The summed E-state index contributed by atoms with van der Waals surface area (Å²) in [6.07, 6.45) is 5.76. The molecule has 1 aliphatic carbocycles. The minimum Gasteiger partial charge on any atom is -0.444 e. The number of piperazine rings is 1. The van der Waals surface area contributed by atoms with Crippen molar-refractivity contribution in [3.05, 3.63) is 35.4 Å². The molecule has 0 radical (unpaired) electrons. The summed E-state index contributed by atoms with van der Waals surface area (Å²) in [5.74, 6) is 0.526. The predicted octanol–water partition coefficient (Wildman–Crippen LogP) is 5.44. The van der Waals surface area contributed by atoms with E-state index in [-0.39, 0.29) is 6.09 Å². The van der Waals surface area contributed by atoms with Crippen molar-refractivity contribution in [2.45, 2.75) is 96.4 Å². The fourth-order valence-corrected chi connectivity index (χ4v) is 7.09. The number of carbonyl (C=O) groups is 1.